The van der Waals surface area contributed by atoms with Crippen molar-refractivity contribution in [2.45, 2.75) is 6.92 Å². The summed E-state index contributed by atoms with van der Waals surface area (Å²) in [5, 5.41) is 9.14. The lowest BCUT2D eigenvalue weighted by Gasteiger charge is -2.28. The van der Waals surface area contributed by atoms with Crippen LogP contribution in [-0.4, -0.2) is 69.3 Å². The summed E-state index contributed by atoms with van der Waals surface area (Å²) in [6.45, 7) is 3.92. The van der Waals surface area contributed by atoms with Gasteiger partial charge >= 0.3 is 5.97 Å². The van der Waals surface area contributed by atoms with Gasteiger partial charge in [0.15, 0.2) is 0 Å². The second-order valence-electron chi connectivity index (χ2n) is 8.28. The van der Waals surface area contributed by atoms with Crippen molar-refractivity contribution in [1.29, 1.82) is 0 Å². The predicted molar refractivity (Wildman–Crippen MR) is 138 cm³/mol. The summed E-state index contributed by atoms with van der Waals surface area (Å²) in [5.74, 6) is -3.63. The average molecular weight is 508 g/mol. The second kappa shape index (κ2) is 12.1. The second-order valence-corrected chi connectivity index (χ2v) is 8.28. The highest BCUT2D eigenvalue weighted by Crippen LogP contribution is 2.31. The molecule has 0 saturated carbocycles. The highest BCUT2D eigenvalue weighted by atomic mass is 16.5. The van der Waals surface area contributed by atoms with Crippen molar-refractivity contribution in [1.82, 2.24) is 0 Å². The maximum Gasteiger partial charge on any atom is 0.335 e. The third-order valence-corrected chi connectivity index (χ3v) is 5.95. The Morgan fingerprint density at radius 2 is 1.51 bits per heavy atom. The van der Waals surface area contributed by atoms with Crippen LogP contribution in [0.1, 0.15) is 22.8 Å². The number of anilines is 2. The number of ether oxygens (including phenoxy) is 2. The minimum atomic E-state index is -1.15. The van der Waals surface area contributed by atoms with Crippen LogP contribution in [0.4, 0.5) is 11.4 Å². The van der Waals surface area contributed by atoms with Crippen LogP contribution >= 0.6 is 0 Å². The van der Waals surface area contributed by atoms with Crippen LogP contribution in [0.25, 0.3) is 6.08 Å². The normalized spacial score (nSPS) is 14.9. The molecule has 0 saturated heterocycles. The van der Waals surface area contributed by atoms with Crippen molar-refractivity contribution in [2.24, 2.45) is 5.73 Å². The molecule has 0 atom stereocenters. The van der Waals surface area contributed by atoms with Crippen LogP contribution in [0.3, 0.4) is 0 Å². The molecule has 1 heterocycles. The number of methoxy groups -OCH3 is 2. The summed E-state index contributed by atoms with van der Waals surface area (Å²) in [6.07, 6.45) is 1.59. The molecule has 3 amide bonds. The summed E-state index contributed by atoms with van der Waals surface area (Å²) >= 11 is 0. The Morgan fingerprint density at radius 3 is 2.00 bits per heavy atom. The van der Waals surface area contributed by atoms with E-state index in [1.165, 1.54) is 31.2 Å². The molecule has 0 spiro atoms. The molecular formula is C27H29N3O7. The van der Waals surface area contributed by atoms with Gasteiger partial charge in [-0.15, -0.1) is 0 Å². The molecule has 0 fully saturated rings. The molecule has 2 aromatic carbocycles. The number of primary amides is 1. The average Bonchev–Trinajstić information content (AvgIpc) is 2.87. The van der Waals surface area contributed by atoms with Crippen molar-refractivity contribution in [3.63, 3.8) is 0 Å². The zero-order valence-electron chi connectivity index (χ0n) is 20.9. The van der Waals surface area contributed by atoms with Gasteiger partial charge in [0.05, 0.1) is 24.5 Å². The molecule has 194 valence electrons. The molecule has 1 aliphatic rings. The summed E-state index contributed by atoms with van der Waals surface area (Å²) in [5.41, 5.74) is 7.21. The lowest BCUT2D eigenvalue weighted by Crippen LogP contribution is -2.46. The van der Waals surface area contributed by atoms with Gasteiger partial charge in [-0.1, -0.05) is 12.1 Å². The fourth-order valence-electron chi connectivity index (χ4n) is 3.95. The van der Waals surface area contributed by atoms with Crippen LogP contribution < -0.4 is 15.5 Å². The zero-order valence-corrected chi connectivity index (χ0v) is 20.9. The number of hydrogen-bond donors (Lipinski definition) is 2. The Balaban J connectivity index is 2.00. The quantitative estimate of drug-likeness (QED) is 0.268. The van der Waals surface area contributed by atoms with E-state index in [4.69, 9.17) is 20.3 Å². The first kappa shape index (κ1) is 27.3. The van der Waals surface area contributed by atoms with Gasteiger partial charge in [0.2, 0.25) is 0 Å². The highest BCUT2D eigenvalue weighted by Gasteiger charge is 2.38. The van der Waals surface area contributed by atoms with Gasteiger partial charge in [0.25, 0.3) is 17.7 Å². The van der Waals surface area contributed by atoms with E-state index >= 15 is 0 Å². The molecule has 10 nitrogen and oxygen atoms in total. The van der Waals surface area contributed by atoms with E-state index in [-0.39, 0.29) is 28.0 Å². The number of amides is 3. The number of carbonyl (C=O) groups excluding carboxylic acids is 3. The third kappa shape index (κ3) is 6.11. The predicted octanol–water partition coefficient (Wildman–Crippen LogP) is 2.24. The lowest BCUT2D eigenvalue weighted by molar-refractivity contribution is -0.125. The number of carboxylic acid groups (broad SMARTS) is 1. The number of imide groups is 1. The van der Waals surface area contributed by atoms with Crippen LogP contribution in [0, 0.1) is 0 Å². The molecule has 3 N–H and O–H groups in total. The van der Waals surface area contributed by atoms with Crippen molar-refractivity contribution in [3.05, 3.63) is 76.4 Å². The largest absolute Gasteiger partial charge is 0.478 e. The zero-order chi connectivity index (χ0) is 27.1. The fourth-order valence-corrected chi connectivity index (χ4v) is 3.95. The molecule has 3 rings (SSSR count). The van der Waals surface area contributed by atoms with E-state index in [0.717, 1.165) is 10.6 Å². The molecule has 10 heteroatoms. The number of aromatic carboxylic acids is 1. The number of benzene rings is 2. The number of carboxylic acids is 1. The van der Waals surface area contributed by atoms with Gasteiger partial charge in [-0.05, 0) is 60.5 Å². The Morgan fingerprint density at radius 1 is 0.946 bits per heavy atom. The third-order valence-electron chi connectivity index (χ3n) is 5.95. The molecule has 0 aliphatic carbocycles. The smallest absolute Gasteiger partial charge is 0.335 e. The summed E-state index contributed by atoms with van der Waals surface area (Å²) in [7, 11) is 3.27. The van der Waals surface area contributed by atoms with Crippen molar-refractivity contribution < 1.29 is 33.8 Å². The molecule has 0 unspecified atom stereocenters. The minimum Gasteiger partial charge on any atom is -0.478 e. The van der Waals surface area contributed by atoms with Gasteiger partial charge in [-0.2, -0.15) is 0 Å². The fraction of sp³-hybridized carbons (Fsp3) is 0.259. The number of nitrogens with two attached hydrogens (primary N) is 1. The Kier molecular flexibility index (Phi) is 8.94. The molecule has 0 bridgehead atoms. The number of carbonyl (C=O) groups is 4. The van der Waals surface area contributed by atoms with Crippen LogP contribution in [-0.2, 0) is 23.9 Å². The first-order valence-electron chi connectivity index (χ1n) is 11.5. The number of nitrogens with zero attached hydrogens (tertiary/aromatic N) is 2. The van der Waals surface area contributed by atoms with E-state index in [1.807, 2.05) is 24.3 Å². The summed E-state index contributed by atoms with van der Waals surface area (Å²) in [4.78, 5) is 52.8. The highest BCUT2D eigenvalue weighted by molar-refractivity contribution is 6.38. The molecule has 0 aromatic heterocycles. The number of rotatable bonds is 11. The van der Waals surface area contributed by atoms with Crippen molar-refractivity contribution >= 4 is 41.1 Å². The maximum atomic E-state index is 13.4. The van der Waals surface area contributed by atoms with E-state index in [9.17, 15) is 19.2 Å². The molecule has 0 radical (unpaired) electrons. The van der Waals surface area contributed by atoms with E-state index in [2.05, 4.69) is 4.90 Å². The lowest BCUT2D eigenvalue weighted by atomic mass is 9.92. The first-order chi connectivity index (χ1) is 17.7. The van der Waals surface area contributed by atoms with E-state index in [0.29, 0.717) is 31.9 Å². The van der Waals surface area contributed by atoms with Gasteiger partial charge in [-0.3, -0.25) is 14.4 Å². The molecule has 2 aromatic rings. The summed E-state index contributed by atoms with van der Waals surface area (Å²) in [6, 6.07) is 12.6. The van der Waals surface area contributed by atoms with E-state index in [1.54, 1.807) is 20.3 Å². The minimum absolute atomic E-state index is 0.0107. The molecular weight excluding hydrogens is 478 g/mol. The van der Waals surface area contributed by atoms with Gasteiger partial charge in [0, 0.05) is 38.6 Å². The van der Waals surface area contributed by atoms with Crippen LogP contribution in [0.15, 0.2) is 65.3 Å². The Labute approximate surface area is 214 Å². The standard InChI is InChI=1S/C27H29N3O7/c1-17-22(16-18-4-8-20(9-5-18)29(12-14-36-2)13-15-37-3)25(32)30(26(33)23(17)24(28)31)21-10-6-19(7-11-21)27(34)35/h4-11,16H,12-15H2,1-3H3,(H2,28,31)(H,34,35)/b22-16+. The monoisotopic (exact) mass is 507 g/mol. The molecule has 1 aliphatic heterocycles. The van der Waals surface area contributed by atoms with Gasteiger partial charge in [-0.25, -0.2) is 9.69 Å². The maximum absolute atomic E-state index is 13.4. The SMILES string of the molecule is COCCN(CCOC)c1ccc(/C=C2/C(=O)N(c3ccc(C(=O)O)cc3)C(=O)C(C(N)=O)=C2C)cc1. The van der Waals surface area contributed by atoms with Crippen molar-refractivity contribution in [3.8, 4) is 0 Å². The first-order valence-corrected chi connectivity index (χ1v) is 11.5. The van der Waals surface area contributed by atoms with Crippen LogP contribution in [0.2, 0.25) is 0 Å². The Hall–Kier alpha value is -4.28. The topological polar surface area (TPSA) is 139 Å². The van der Waals surface area contributed by atoms with Crippen molar-refractivity contribution in [2.75, 3.05) is 50.3 Å². The van der Waals surface area contributed by atoms with Gasteiger partial charge in [0.1, 0.15) is 5.57 Å². The van der Waals surface area contributed by atoms with E-state index < -0.39 is 23.7 Å². The summed E-state index contributed by atoms with van der Waals surface area (Å²) < 4.78 is 10.4. The molecule has 37 heavy (non-hydrogen) atoms. The van der Waals surface area contributed by atoms with Crippen LogP contribution in [0.5, 0.6) is 0 Å². The Bertz CT molecular complexity index is 1240. The number of hydrogen-bond acceptors (Lipinski definition) is 7. The van der Waals surface area contributed by atoms with Gasteiger partial charge < -0.3 is 25.2 Å².